The van der Waals surface area contributed by atoms with Crippen LogP contribution in [0.15, 0.2) is 24.3 Å². The fourth-order valence-corrected chi connectivity index (χ4v) is 1.18. The number of rotatable bonds is 6. The summed E-state index contributed by atoms with van der Waals surface area (Å²) in [7, 11) is 0. The SMILES string of the molecule is CC.CC(C)C(=O)COCc1ccc(CO)cc1. The van der Waals surface area contributed by atoms with Crippen molar-refractivity contribution in [3.63, 3.8) is 0 Å². The summed E-state index contributed by atoms with van der Waals surface area (Å²) >= 11 is 0. The molecule has 0 radical (unpaired) electrons. The molecule has 0 bridgehead atoms. The molecule has 102 valence electrons. The van der Waals surface area contributed by atoms with Crippen LogP contribution in [0.1, 0.15) is 38.8 Å². The molecule has 0 heterocycles. The van der Waals surface area contributed by atoms with Crippen molar-refractivity contribution in [2.24, 2.45) is 5.92 Å². The number of aliphatic hydroxyl groups is 1. The van der Waals surface area contributed by atoms with Crippen LogP contribution in [0.4, 0.5) is 0 Å². The molecule has 18 heavy (non-hydrogen) atoms. The van der Waals surface area contributed by atoms with Crippen molar-refractivity contribution < 1.29 is 14.6 Å². The Labute approximate surface area is 110 Å². The lowest BCUT2D eigenvalue weighted by atomic mass is 10.1. The first-order valence-corrected chi connectivity index (χ1v) is 6.42. The maximum atomic E-state index is 11.3. The van der Waals surface area contributed by atoms with E-state index in [4.69, 9.17) is 9.84 Å². The minimum Gasteiger partial charge on any atom is -0.392 e. The second-order valence-electron chi connectivity index (χ2n) is 4.09. The Morgan fingerprint density at radius 3 is 2.11 bits per heavy atom. The molecule has 0 atom stereocenters. The third-order valence-corrected chi connectivity index (χ3v) is 2.36. The zero-order valence-electron chi connectivity index (χ0n) is 11.8. The van der Waals surface area contributed by atoms with E-state index in [-0.39, 0.29) is 24.9 Å². The molecule has 1 rings (SSSR count). The molecule has 1 aromatic carbocycles. The van der Waals surface area contributed by atoms with E-state index in [0.717, 1.165) is 11.1 Å². The Kier molecular flexibility index (Phi) is 9.15. The number of carbonyl (C=O) groups excluding carboxylic acids is 1. The number of hydrogen-bond acceptors (Lipinski definition) is 3. The molecular formula is C15H24O3. The van der Waals surface area contributed by atoms with Gasteiger partial charge in [-0.1, -0.05) is 52.0 Å². The summed E-state index contributed by atoms with van der Waals surface area (Å²) in [6.07, 6.45) is 0. The maximum Gasteiger partial charge on any atom is 0.160 e. The summed E-state index contributed by atoms with van der Waals surface area (Å²) in [6.45, 7) is 8.38. The van der Waals surface area contributed by atoms with Gasteiger partial charge in [0.25, 0.3) is 0 Å². The topological polar surface area (TPSA) is 46.5 Å². The molecule has 1 aromatic rings. The summed E-state index contributed by atoms with van der Waals surface area (Å²) in [6, 6.07) is 7.49. The zero-order valence-corrected chi connectivity index (χ0v) is 11.8. The van der Waals surface area contributed by atoms with Crippen LogP contribution in [0, 0.1) is 5.92 Å². The van der Waals surface area contributed by atoms with Crippen LogP contribution in [0.5, 0.6) is 0 Å². The van der Waals surface area contributed by atoms with E-state index < -0.39 is 0 Å². The molecule has 0 aliphatic carbocycles. The number of hydrogen-bond donors (Lipinski definition) is 1. The van der Waals surface area contributed by atoms with Gasteiger partial charge in [0.15, 0.2) is 5.78 Å². The van der Waals surface area contributed by atoms with Crippen molar-refractivity contribution >= 4 is 5.78 Å². The molecule has 0 unspecified atom stereocenters. The molecule has 0 aliphatic rings. The minimum absolute atomic E-state index is 0.0248. The highest BCUT2D eigenvalue weighted by Gasteiger charge is 2.06. The van der Waals surface area contributed by atoms with Crippen LogP contribution in [0.2, 0.25) is 0 Å². The number of aliphatic hydroxyl groups excluding tert-OH is 1. The number of ether oxygens (including phenoxy) is 1. The molecule has 0 saturated carbocycles. The fraction of sp³-hybridized carbons (Fsp3) is 0.533. The highest BCUT2D eigenvalue weighted by Crippen LogP contribution is 2.06. The van der Waals surface area contributed by atoms with Gasteiger partial charge in [0.2, 0.25) is 0 Å². The Morgan fingerprint density at radius 1 is 1.17 bits per heavy atom. The van der Waals surface area contributed by atoms with Crippen molar-refractivity contribution in [2.75, 3.05) is 6.61 Å². The highest BCUT2D eigenvalue weighted by molar-refractivity contribution is 5.81. The van der Waals surface area contributed by atoms with Crippen molar-refractivity contribution in [3.8, 4) is 0 Å². The van der Waals surface area contributed by atoms with Crippen molar-refractivity contribution in [3.05, 3.63) is 35.4 Å². The van der Waals surface area contributed by atoms with Gasteiger partial charge in [0.1, 0.15) is 6.61 Å². The standard InChI is InChI=1S/C13H18O3.C2H6/c1-10(2)13(15)9-16-8-12-5-3-11(7-14)4-6-12;1-2/h3-6,10,14H,7-9H2,1-2H3;1-2H3. The average Bonchev–Trinajstić information content (AvgIpc) is 2.41. The first-order valence-electron chi connectivity index (χ1n) is 6.42. The summed E-state index contributed by atoms with van der Waals surface area (Å²) in [5.41, 5.74) is 1.88. The normalized spacial score (nSPS) is 9.89. The molecule has 0 spiro atoms. The third-order valence-electron chi connectivity index (χ3n) is 2.36. The third kappa shape index (κ3) is 6.52. The Morgan fingerprint density at radius 2 is 1.67 bits per heavy atom. The van der Waals surface area contributed by atoms with E-state index >= 15 is 0 Å². The molecule has 1 N–H and O–H groups in total. The smallest absolute Gasteiger partial charge is 0.160 e. The van der Waals surface area contributed by atoms with Crippen molar-refractivity contribution in [2.45, 2.75) is 40.9 Å². The molecule has 0 aromatic heterocycles. The molecule has 0 amide bonds. The van der Waals surface area contributed by atoms with Gasteiger partial charge < -0.3 is 9.84 Å². The van der Waals surface area contributed by atoms with E-state index in [1.54, 1.807) is 0 Å². The number of ketones is 1. The first kappa shape index (κ1) is 16.8. The molecule has 0 aliphatic heterocycles. The monoisotopic (exact) mass is 252 g/mol. The Balaban J connectivity index is 0.00000137. The number of carbonyl (C=O) groups is 1. The fourth-order valence-electron chi connectivity index (χ4n) is 1.18. The number of benzene rings is 1. The van der Waals surface area contributed by atoms with Crippen LogP contribution in [-0.4, -0.2) is 17.5 Å². The lowest BCUT2D eigenvalue weighted by molar-refractivity contribution is -0.126. The van der Waals surface area contributed by atoms with Gasteiger partial charge in [0.05, 0.1) is 13.2 Å². The van der Waals surface area contributed by atoms with E-state index in [0.29, 0.717) is 6.61 Å². The van der Waals surface area contributed by atoms with Gasteiger partial charge in [-0.15, -0.1) is 0 Å². The van der Waals surface area contributed by atoms with Gasteiger partial charge in [-0.05, 0) is 11.1 Å². The minimum atomic E-state index is 0.0248. The first-order chi connectivity index (χ1) is 8.63. The van der Waals surface area contributed by atoms with E-state index in [1.165, 1.54) is 0 Å². The van der Waals surface area contributed by atoms with E-state index in [9.17, 15) is 4.79 Å². The van der Waals surface area contributed by atoms with Crippen LogP contribution in [-0.2, 0) is 22.7 Å². The predicted molar refractivity (Wildman–Crippen MR) is 73.2 cm³/mol. The molecular weight excluding hydrogens is 228 g/mol. The number of Topliss-reactive ketones (excluding diaryl/α,β-unsaturated/α-hetero) is 1. The molecule has 0 fully saturated rings. The van der Waals surface area contributed by atoms with Crippen molar-refractivity contribution in [1.82, 2.24) is 0 Å². The van der Waals surface area contributed by atoms with Crippen LogP contribution < -0.4 is 0 Å². The van der Waals surface area contributed by atoms with E-state index in [1.807, 2.05) is 52.0 Å². The van der Waals surface area contributed by atoms with E-state index in [2.05, 4.69) is 0 Å². The zero-order chi connectivity index (χ0) is 14.0. The van der Waals surface area contributed by atoms with Gasteiger partial charge in [-0.3, -0.25) is 4.79 Å². The van der Waals surface area contributed by atoms with Crippen LogP contribution in [0.25, 0.3) is 0 Å². The lowest BCUT2D eigenvalue weighted by Gasteiger charge is -2.06. The molecule has 0 saturated heterocycles. The summed E-state index contributed by atoms with van der Waals surface area (Å²) < 4.78 is 5.30. The Hall–Kier alpha value is -1.19. The van der Waals surface area contributed by atoms with Gasteiger partial charge in [-0.2, -0.15) is 0 Å². The van der Waals surface area contributed by atoms with Crippen LogP contribution >= 0.6 is 0 Å². The second-order valence-corrected chi connectivity index (χ2v) is 4.09. The van der Waals surface area contributed by atoms with Crippen LogP contribution in [0.3, 0.4) is 0 Å². The average molecular weight is 252 g/mol. The van der Waals surface area contributed by atoms with Crippen molar-refractivity contribution in [1.29, 1.82) is 0 Å². The Bertz CT molecular complexity index is 328. The second kappa shape index (κ2) is 9.80. The van der Waals surface area contributed by atoms with Gasteiger partial charge in [-0.25, -0.2) is 0 Å². The molecule has 3 heteroatoms. The maximum absolute atomic E-state index is 11.3. The molecule has 3 nitrogen and oxygen atoms in total. The van der Waals surface area contributed by atoms with Gasteiger partial charge >= 0.3 is 0 Å². The van der Waals surface area contributed by atoms with Gasteiger partial charge in [0, 0.05) is 5.92 Å². The lowest BCUT2D eigenvalue weighted by Crippen LogP contribution is -2.14. The summed E-state index contributed by atoms with van der Waals surface area (Å²) in [5, 5.41) is 8.86. The summed E-state index contributed by atoms with van der Waals surface area (Å²) in [5.74, 6) is 0.142. The largest absolute Gasteiger partial charge is 0.392 e. The quantitative estimate of drug-likeness (QED) is 0.846. The predicted octanol–water partition coefficient (Wildman–Crippen LogP) is 2.95. The highest BCUT2D eigenvalue weighted by atomic mass is 16.5. The summed E-state index contributed by atoms with van der Waals surface area (Å²) in [4.78, 5) is 11.3.